The molecule has 5 nitrogen and oxygen atoms in total. The Hall–Kier alpha value is -2.10. The third kappa shape index (κ3) is 3.54. The topological polar surface area (TPSA) is 73.2 Å². The number of allylic oxidation sites excluding steroid dienone is 7. The van der Waals surface area contributed by atoms with Crippen LogP contribution in [0.2, 0.25) is 0 Å². The molecule has 1 N–H and O–H groups in total. The molecule has 1 unspecified atom stereocenters. The van der Waals surface area contributed by atoms with E-state index in [1.807, 2.05) is 0 Å². The lowest BCUT2D eigenvalue weighted by molar-refractivity contribution is 0.310. The minimum atomic E-state index is -3.21. The molecule has 27 heavy (non-hydrogen) atoms. The van der Waals surface area contributed by atoms with Gasteiger partial charge in [0.1, 0.15) is 0 Å². The zero-order valence-electron chi connectivity index (χ0n) is 15.7. The monoisotopic (exact) mass is 383 g/mol. The van der Waals surface area contributed by atoms with Crippen molar-refractivity contribution in [3.8, 4) is 6.07 Å². The first-order valence-corrected chi connectivity index (χ1v) is 11.4. The molecule has 0 saturated heterocycles. The molecule has 0 radical (unpaired) electrons. The molecule has 6 heteroatoms. The van der Waals surface area contributed by atoms with Gasteiger partial charge in [0.15, 0.2) is 0 Å². The lowest BCUT2D eigenvalue weighted by Crippen LogP contribution is -2.33. The molecule has 0 aromatic carbocycles. The van der Waals surface area contributed by atoms with Crippen molar-refractivity contribution in [1.29, 1.82) is 5.26 Å². The highest BCUT2D eigenvalue weighted by Gasteiger charge is 2.39. The number of nitrogens with zero attached hydrogens (tertiary/aromatic N) is 2. The Morgan fingerprint density at radius 3 is 2.89 bits per heavy atom. The summed E-state index contributed by atoms with van der Waals surface area (Å²) in [6.07, 6.45) is 17.1. The van der Waals surface area contributed by atoms with Crippen LogP contribution in [0.25, 0.3) is 0 Å². The van der Waals surface area contributed by atoms with Crippen LogP contribution in [-0.4, -0.2) is 32.7 Å². The standard InChI is InChI=1S/C21H25N3O2S/c1-27(25,26)23-11-10-21(15-22)9-7-17-16(14-21)5-6-19-18(17)8-13-24-12-3-2-4-20(19)24/h2-4,8,12,23H,5-7,9-11,13-14H2,1H3. The molecule has 0 spiro atoms. The van der Waals surface area contributed by atoms with E-state index < -0.39 is 15.4 Å². The van der Waals surface area contributed by atoms with Gasteiger partial charge in [-0.05, 0) is 67.4 Å². The first-order chi connectivity index (χ1) is 12.9. The fraction of sp³-hybridized carbons (Fsp3) is 0.476. The van der Waals surface area contributed by atoms with Gasteiger partial charge in [-0.15, -0.1) is 0 Å². The second-order valence-electron chi connectivity index (χ2n) is 7.90. The number of hydrogen-bond donors (Lipinski definition) is 1. The molecule has 4 aliphatic rings. The number of fused-ring (bicyclic) bond motifs is 3. The van der Waals surface area contributed by atoms with Crippen LogP contribution < -0.4 is 4.72 Å². The van der Waals surface area contributed by atoms with Crippen molar-refractivity contribution in [3.05, 3.63) is 58.5 Å². The van der Waals surface area contributed by atoms with Crippen LogP contribution in [0.1, 0.15) is 38.5 Å². The van der Waals surface area contributed by atoms with Gasteiger partial charge in [0.25, 0.3) is 0 Å². The second kappa shape index (κ2) is 6.81. The highest BCUT2D eigenvalue weighted by atomic mass is 32.2. The number of hydrogen-bond acceptors (Lipinski definition) is 4. The van der Waals surface area contributed by atoms with Crippen molar-refractivity contribution >= 4 is 10.0 Å². The van der Waals surface area contributed by atoms with Crippen molar-refractivity contribution in [2.24, 2.45) is 5.41 Å². The maximum absolute atomic E-state index is 11.3. The van der Waals surface area contributed by atoms with Gasteiger partial charge < -0.3 is 4.90 Å². The molecule has 2 heterocycles. The third-order valence-electron chi connectivity index (χ3n) is 6.11. The van der Waals surface area contributed by atoms with Crippen LogP contribution >= 0.6 is 0 Å². The predicted molar refractivity (Wildman–Crippen MR) is 106 cm³/mol. The van der Waals surface area contributed by atoms with Gasteiger partial charge in [-0.2, -0.15) is 5.26 Å². The normalized spacial score (nSPS) is 27.0. The first kappa shape index (κ1) is 18.3. The van der Waals surface area contributed by atoms with Crippen molar-refractivity contribution in [2.75, 3.05) is 19.3 Å². The molecule has 0 amide bonds. The average Bonchev–Trinajstić information content (AvgIpc) is 2.66. The van der Waals surface area contributed by atoms with Crippen LogP contribution in [0, 0.1) is 16.7 Å². The van der Waals surface area contributed by atoms with Gasteiger partial charge in [-0.1, -0.05) is 17.7 Å². The van der Waals surface area contributed by atoms with Crippen LogP contribution in [0.5, 0.6) is 0 Å². The Kier molecular flexibility index (Phi) is 4.61. The SMILES string of the molecule is CS(=O)(=O)NCCC1(C#N)CCC2=C(CCC3=C4C=CC=CN4CC=C23)C1. The highest BCUT2D eigenvalue weighted by molar-refractivity contribution is 7.88. The maximum Gasteiger partial charge on any atom is 0.208 e. The minimum Gasteiger partial charge on any atom is -0.344 e. The average molecular weight is 384 g/mol. The summed E-state index contributed by atoms with van der Waals surface area (Å²) in [5, 5.41) is 9.85. The van der Waals surface area contributed by atoms with E-state index in [1.54, 1.807) is 0 Å². The Bertz CT molecular complexity index is 960. The summed E-state index contributed by atoms with van der Waals surface area (Å²) in [7, 11) is -3.21. The van der Waals surface area contributed by atoms with Gasteiger partial charge in [-0.25, -0.2) is 13.1 Å². The van der Waals surface area contributed by atoms with E-state index in [1.165, 1.54) is 28.0 Å². The zero-order chi connectivity index (χ0) is 19.1. The fourth-order valence-corrected chi connectivity index (χ4v) is 5.23. The second-order valence-corrected chi connectivity index (χ2v) is 9.74. The molecule has 0 aromatic heterocycles. The number of rotatable bonds is 4. The molecular weight excluding hydrogens is 358 g/mol. The summed E-state index contributed by atoms with van der Waals surface area (Å²) in [6.45, 7) is 1.23. The fourth-order valence-electron chi connectivity index (χ4n) is 4.75. The smallest absolute Gasteiger partial charge is 0.208 e. The molecule has 0 bridgehead atoms. The Labute approximate surface area is 161 Å². The van der Waals surface area contributed by atoms with E-state index in [9.17, 15) is 13.7 Å². The van der Waals surface area contributed by atoms with Crippen molar-refractivity contribution in [1.82, 2.24) is 9.62 Å². The summed E-state index contributed by atoms with van der Waals surface area (Å²) < 4.78 is 25.2. The molecule has 0 saturated carbocycles. The van der Waals surface area contributed by atoms with Crippen LogP contribution in [0.15, 0.2) is 58.5 Å². The molecule has 4 rings (SSSR count). The molecular formula is C21H25N3O2S. The minimum absolute atomic E-state index is 0.332. The number of sulfonamides is 1. The predicted octanol–water partition coefficient (Wildman–Crippen LogP) is 3.29. The summed E-state index contributed by atoms with van der Waals surface area (Å²) >= 11 is 0. The van der Waals surface area contributed by atoms with Gasteiger partial charge in [0.2, 0.25) is 10.0 Å². The Morgan fingerprint density at radius 1 is 1.26 bits per heavy atom. The van der Waals surface area contributed by atoms with E-state index in [4.69, 9.17) is 0 Å². The Balaban J connectivity index is 1.57. The van der Waals surface area contributed by atoms with Crippen LogP contribution in [0.4, 0.5) is 0 Å². The van der Waals surface area contributed by atoms with Gasteiger partial charge in [0, 0.05) is 25.0 Å². The lowest BCUT2D eigenvalue weighted by atomic mass is 9.65. The summed E-state index contributed by atoms with van der Waals surface area (Å²) in [4.78, 5) is 2.30. The van der Waals surface area contributed by atoms with Crippen LogP contribution in [0.3, 0.4) is 0 Å². The Morgan fingerprint density at radius 2 is 2.11 bits per heavy atom. The summed E-state index contributed by atoms with van der Waals surface area (Å²) in [5.41, 5.74) is 6.54. The van der Waals surface area contributed by atoms with E-state index in [0.717, 1.165) is 44.9 Å². The van der Waals surface area contributed by atoms with Crippen molar-refractivity contribution in [2.45, 2.75) is 38.5 Å². The summed E-state index contributed by atoms with van der Waals surface area (Å²) in [6, 6.07) is 2.53. The van der Waals surface area contributed by atoms with E-state index in [-0.39, 0.29) is 0 Å². The van der Waals surface area contributed by atoms with Gasteiger partial charge >= 0.3 is 0 Å². The summed E-state index contributed by atoms with van der Waals surface area (Å²) in [5.74, 6) is 0. The molecule has 0 fully saturated rings. The quantitative estimate of drug-likeness (QED) is 0.808. The van der Waals surface area contributed by atoms with Gasteiger partial charge in [0.05, 0.1) is 17.7 Å². The molecule has 2 aliphatic heterocycles. The first-order valence-electron chi connectivity index (χ1n) is 9.53. The molecule has 2 aliphatic carbocycles. The van der Waals surface area contributed by atoms with E-state index >= 15 is 0 Å². The number of nitrogens with one attached hydrogen (secondary N) is 1. The zero-order valence-corrected chi connectivity index (χ0v) is 16.5. The third-order valence-corrected chi connectivity index (χ3v) is 6.83. The van der Waals surface area contributed by atoms with Crippen molar-refractivity contribution < 1.29 is 8.42 Å². The van der Waals surface area contributed by atoms with E-state index in [2.05, 4.69) is 46.2 Å². The lowest BCUT2D eigenvalue weighted by Gasteiger charge is -2.40. The highest BCUT2D eigenvalue weighted by Crippen LogP contribution is 2.50. The van der Waals surface area contributed by atoms with Gasteiger partial charge in [-0.3, -0.25) is 0 Å². The molecule has 1 atom stereocenters. The molecule has 142 valence electrons. The van der Waals surface area contributed by atoms with Crippen LogP contribution in [-0.2, 0) is 10.0 Å². The molecule has 0 aromatic rings. The van der Waals surface area contributed by atoms with E-state index in [0.29, 0.717) is 13.0 Å². The maximum atomic E-state index is 11.3. The largest absolute Gasteiger partial charge is 0.344 e. The number of nitriles is 1. The van der Waals surface area contributed by atoms with Crippen molar-refractivity contribution in [3.63, 3.8) is 0 Å².